The van der Waals surface area contributed by atoms with Gasteiger partial charge in [0.1, 0.15) is 17.2 Å². The Morgan fingerprint density at radius 1 is 0.593 bits per heavy atom. The first kappa shape index (κ1) is 19.0. The largest absolute Gasteiger partial charge is 0.491 e. The maximum atomic E-state index is 5.98. The zero-order chi connectivity index (χ0) is 19.4. The van der Waals surface area contributed by atoms with Crippen molar-refractivity contribution in [3.8, 4) is 28.4 Å². The lowest BCUT2D eigenvalue weighted by Gasteiger charge is -2.19. The Balaban J connectivity index is 1.68. The number of ether oxygens (including phenoxy) is 2. The molecule has 3 aromatic carbocycles. The van der Waals surface area contributed by atoms with Crippen LogP contribution in [0.2, 0.25) is 0 Å². The van der Waals surface area contributed by atoms with Crippen LogP contribution in [0.1, 0.15) is 40.2 Å². The van der Waals surface area contributed by atoms with Gasteiger partial charge in [0, 0.05) is 0 Å². The first-order valence-corrected chi connectivity index (χ1v) is 9.47. The molecule has 0 saturated heterocycles. The molecular weight excluding hydrogens is 332 g/mol. The number of benzene rings is 3. The fourth-order valence-corrected chi connectivity index (χ4v) is 2.87. The molecule has 27 heavy (non-hydrogen) atoms. The molecule has 2 nitrogen and oxygen atoms in total. The molecule has 0 amide bonds. The lowest BCUT2D eigenvalue weighted by molar-refractivity contribution is 0.242. The summed E-state index contributed by atoms with van der Waals surface area (Å²) < 4.78 is 11.7. The first-order chi connectivity index (χ1) is 12.8. The molecule has 0 heterocycles. The van der Waals surface area contributed by atoms with E-state index in [0.717, 1.165) is 28.4 Å². The van der Waals surface area contributed by atoms with E-state index in [1.165, 1.54) is 5.56 Å². The summed E-state index contributed by atoms with van der Waals surface area (Å²) in [5.74, 6) is 2.58. The van der Waals surface area contributed by atoms with E-state index in [0.29, 0.717) is 0 Å². The lowest BCUT2D eigenvalue weighted by Crippen LogP contribution is -2.10. The van der Waals surface area contributed by atoms with Crippen molar-refractivity contribution >= 4 is 0 Å². The van der Waals surface area contributed by atoms with Crippen LogP contribution < -0.4 is 9.47 Å². The van der Waals surface area contributed by atoms with Crippen LogP contribution in [-0.4, -0.2) is 6.10 Å². The van der Waals surface area contributed by atoms with Crippen LogP contribution in [0.15, 0.2) is 72.8 Å². The Kier molecular flexibility index (Phi) is 5.55. The lowest BCUT2D eigenvalue weighted by atomic mass is 9.87. The van der Waals surface area contributed by atoms with Crippen molar-refractivity contribution < 1.29 is 9.47 Å². The van der Waals surface area contributed by atoms with Crippen molar-refractivity contribution in [1.29, 1.82) is 0 Å². The molecule has 0 atom stereocenters. The minimum atomic E-state index is 0.149. The minimum Gasteiger partial charge on any atom is -0.491 e. The van der Waals surface area contributed by atoms with Crippen molar-refractivity contribution in [2.45, 2.75) is 46.1 Å². The highest BCUT2D eigenvalue weighted by Crippen LogP contribution is 2.29. The zero-order valence-corrected chi connectivity index (χ0v) is 16.8. The summed E-state index contributed by atoms with van der Waals surface area (Å²) in [5.41, 5.74) is 3.76. The summed E-state index contributed by atoms with van der Waals surface area (Å²) in [6, 6.07) is 24.7. The smallest absolute Gasteiger partial charge is 0.127 e. The van der Waals surface area contributed by atoms with E-state index in [1.807, 2.05) is 50.2 Å². The molecule has 3 rings (SSSR count). The van der Waals surface area contributed by atoms with E-state index in [-0.39, 0.29) is 11.5 Å². The number of rotatable bonds is 5. The Bertz CT molecular complexity index is 852. The van der Waals surface area contributed by atoms with Gasteiger partial charge in [0.2, 0.25) is 0 Å². The van der Waals surface area contributed by atoms with E-state index in [2.05, 4.69) is 57.2 Å². The van der Waals surface area contributed by atoms with Crippen molar-refractivity contribution in [3.05, 3.63) is 78.4 Å². The molecule has 0 fully saturated rings. The average Bonchev–Trinajstić information content (AvgIpc) is 2.62. The van der Waals surface area contributed by atoms with Crippen LogP contribution in [0.5, 0.6) is 17.2 Å². The Morgan fingerprint density at radius 3 is 1.41 bits per heavy atom. The number of hydrogen-bond donors (Lipinski definition) is 0. The summed E-state index contributed by atoms with van der Waals surface area (Å²) in [6.45, 7) is 10.7. The van der Waals surface area contributed by atoms with Gasteiger partial charge in [-0.3, -0.25) is 0 Å². The monoisotopic (exact) mass is 360 g/mol. The number of hydrogen-bond acceptors (Lipinski definition) is 2. The van der Waals surface area contributed by atoms with Crippen molar-refractivity contribution in [2.24, 2.45) is 0 Å². The minimum absolute atomic E-state index is 0.149. The standard InChI is InChI=1S/C25H28O2/c1-18(2)26-22-12-6-19(7-13-22)20-8-14-23(15-9-20)27-24-16-10-21(11-17-24)25(3,4)5/h6-18H,1-5H3. The molecule has 0 radical (unpaired) electrons. The van der Waals surface area contributed by atoms with Gasteiger partial charge < -0.3 is 9.47 Å². The Labute approximate surface area is 162 Å². The van der Waals surface area contributed by atoms with Crippen LogP contribution in [0, 0.1) is 0 Å². The molecule has 0 aliphatic rings. The maximum Gasteiger partial charge on any atom is 0.127 e. The predicted molar refractivity (Wildman–Crippen MR) is 113 cm³/mol. The molecule has 3 aromatic rings. The van der Waals surface area contributed by atoms with Crippen LogP contribution >= 0.6 is 0 Å². The highest BCUT2D eigenvalue weighted by atomic mass is 16.5. The van der Waals surface area contributed by atoms with Gasteiger partial charge in [-0.1, -0.05) is 57.2 Å². The molecule has 0 aliphatic carbocycles. The van der Waals surface area contributed by atoms with Crippen LogP contribution in [-0.2, 0) is 5.41 Å². The molecule has 0 saturated carbocycles. The summed E-state index contributed by atoms with van der Waals surface area (Å²) in [6.07, 6.45) is 0.185. The van der Waals surface area contributed by atoms with Gasteiger partial charge in [0.25, 0.3) is 0 Å². The Morgan fingerprint density at radius 2 is 1.00 bits per heavy atom. The summed E-state index contributed by atoms with van der Waals surface area (Å²) in [7, 11) is 0. The first-order valence-electron chi connectivity index (χ1n) is 9.47. The van der Waals surface area contributed by atoms with E-state index in [9.17, 15) is 0 Å². The fourth-order valence-electron chi connectivity index (χ4n) is 2.87. The molecule has 0 bridgehead atoms. The molecule has 0 N–H and O–H groups in total. The second-order valence-corrected chi connectivity index (χ2v) is 8.09. The van der Waals surface area contributed by atoms with E-state index >= 15 is 0 Å². The van der Waals surface area contributed by atoms with Crippen LogP contribution in [0.25, 0.3) is 11.1 Å². The van der Waals surface area contributed by atoms with Gasteiger partial charge in [0.05, 0.1) is 6.10 Å². The summed E-state index contributed by atoms with van der Waals surface area (Å²) in [5, 5.41) is 0. The van der Waals surface area contributed by atoms with Crippen molar-refractivity contribution in [3.63, 3.8) is 0 Å². The van der Waals surface area contributed by atoms with Crippen molar-refractivity contribution in [1.82, 2.24) is 0 Å². The van der Waals surface area contributed by atoms with Gasteiger partial charge in [-0.25, -0.2) is 0 Å². The third kappa shape index (κ3) is 5.13. The second-order valence-electron chi connectivity index (χ2n) is 8.09. The maximum absolute atomic E-state index is 5.98. The summed E-state index contributed by atoms with van der Waals surface area (Å²) >= 11 is 0. The predicted octanol–water partition coefficient (Wildman–Crippen LogP) is 7.23. The van der Waals surface area contributed by atoms with Gasteiger partial charge in [-0.2, -0.15) is 0 Å². The van der Waals surface area contributed by atoms with E-state index in [4.69, 9.17) is 9.47 Å². The molecule has 140 valence electrons. The Hall–Kier alpha value is -2.74. The highest BCUT2D eigenvalue weighted by Gasteiger charge is 2.13. The third-order valence-electron chi connectivity index (χ3n) is 4.37. The van der Waals surface area contributed by atoms with Gasteiger partial charge in [0.15, 0.2) is 0 Å². The highest BCUT2D eigenvalue weighted by molar-refractivity contribution is 5.65. The third-order valence-corrected chi connectivity index (χ3v) is 4.37. The quantitative estimate of drug-likeness (QED) is 0.478. The van der Waals surface area contributed by atoms with E-state index in [1.54, 1.807) is 0 Å². The topological polar surface area (TPSA) is 18.5 Å². The SMILES string of the molecule is CC(C)Oc1ccc(-c2ccc(Oc3ccc(C(C)(C)C)cc3)cc2)cc1. The van der Waals surface area contributed by atoms with Gasteiger partial charge in [-0.05, 0) is 72.4 Å². The normalized spacial score (nSPS) is 11.5. The molecule has 2 heteroatoms. The van der Waals surface area contributed by atoms with Gasteiger partial charge >= 0.3 is 0 Å². The fraction of sp³-hybridized carbons (Fsp3) is 0.280. The van der Waals surface area contributed by atoms with E-state index < -0.39 is 0 Å². The van der Waals surface area contributed by atoms with Crippen LogP contribution in [0.3, 0.4) is 0 Å². The average molecular weight is 360 g/mol. The molecule has 0 aliphatic heterocycles. The molecule has 0 spiro atoms. The molecule has 0 aromatic heterocycles. The molecular formula is C25H28O2. The van der Waals surface area contributed by atoms with Crippen LogP contribution in [0.4, 0.5) is 0 Å². The summed E-state index contributed by atoms with van der Waals surface area (Å²) in [4.78, 5) is 0. The van der Waals surface area contributed by atoms with Crippen molar-refractivity contribution in [2.75, 3.05) is 0 Å². The second kappa shape index (κ2) is 7.87. The molecule has 0 unspecified atom stereocenters. The van der Waals surface area contributed by atoms with Gasteiger partial charge in [-0.15, -0.1) is 0 Å². The zero-order valence-electron chi connectivity index (χ0n) is 16.8.